The van der Waals surface area contributed by atoms with Gasteiger partial charge in [0, 0.05) is 56.4 Å². The van der Waals surface area contributed by atoms with Crippen molar-refractivity contribution in [1.82, 2.24) is 34.6 Å². The fourth-order valence-corrected chi connectivity index (χ4v) is 7.87. The molecule has 6 rings (SSSR count). The fraction of sp³-hybridized carbons (Fsp3) is 0.579. The van der Waals surface area contributed by atoms with Crippen LogP contribution >= 0.6 is 0 Å². The first-order valence-corrected chi connectivity index (χ1v) is 18.6. The van der Waals surface area contributed by atoms with Gasteiger partial charge in [-0.05, 0) is 63.1 Å². The number of piperazine rings is 1. The van der Waals surface area contributed by atoms with Crippen LogP contribution in [0.15, 0.2) is 29.3 Å². The Kier molecular flexibility index (Phi) is 10.9. The summed E-state index contributed by atoms with van der Waals surface area (Å²) in [5.41, 5.74) is 1.26. The number of aromatic nitrogens is 4. The highest BCUT2D eigenvalue weighted by Crippen LogP contribution is 2.32. The van der Waals surface area contributed by atoms with Gasteiger partial charge in [-0.25, -0.2) is 9.97 Å². The van der Waals surface area contributed by atoms with Gasteiger partial charge in [-0.15, -0.1) is 0 Å². The Morgan fingerprint density at radius 2 is 1.72 bits per heavy atom. The smallest absolute Gasteiger partial charge is 0.263 e. The Hall–Kier alpha value is -4.92. The van der Waals surface area contributed by atoms with Gasteiger partial charge in [-0.2, -0.15) is 4.98 Å². The van der Waals surface area contributed by atoms with Crippen LogP contribution in [-0.2, 0) is 14.4 Å². The maximum absolute atomic E-state index is 13.5. The number of nitrogens with zero attached hydrogens (tertiary/aromatic N) is 7. The number of anilines is 3. The number of amides is 3. The summed E-state index contributed by atoms with van der Waals surface area (Å²) in [4.78, 5) is 84.7. The number of fused-ring (bicyclic) bond motifs is 1. The number of aliphatic hydroxyl groups is 1. The van der Waals surface area contributed by atoms with Gasteiger partial charge >= 0.3 is 0 Å². The highest BCUT2D eigenvalue weighted by Gasteiger charge is 2.41. The van der Waals surface area contributed by atoms with E-state index in [1.807, 2.05) is 39.8 Å². The zero-order chi connectivity index (χ0) is 38.2. The second kappa shape index (κ2) is 15.2. The van der Waals surface area contributed by atoms with E-state index in [0.29, 0.717) is 55.0 Å². The van der Waals surface area contributed by atoms with Crippen molar-refractivity contribution >= 4 is 52.0 Å². The quantitative estimate of drug-likeness (QED) is 0.217. The van der Waals surface area contributed by atoms with Gasteiger partial charge in [-0.3, -0.25) is 28.5 Å². The van der Waals surface area contributed by atoms with Crippen LogP contribution in [-0.4, -0.2) is 109 Å². The standard InChI is InChI=1S/C38H51N9O6/c1-22-17-27(49)21-46(22)36(53)33(38(4,5)6)42-30(50)18-31(51)45-15-13-44(14-16-45)26-11-12-29(39-19-26)41-37-40-20-28-23(2)32(24(3)48)35(52)47(34(28)43-37)25-9-7-8-10-25/h11-12,19-20,22,25,27,33,49H,7-10,13-18,21H2,1-6H3,(H,42,50)(H,39,40,41,43)/t22-,27-,33-/m1/s1. The number of aryl methyl sites for hydroxylation is 1. The summed E-state index contributed by atoms with van der Waals surface area (Å²) in [5, 5.41) is 16.7. The Bertz CT molecular complexity index is 1940. The molecule has 3 aromatic heterocycles. The largest absolute Gasteiger partial charge is 0.391 e. The third kappa shape index (κ3) is 8.04. The summed E-state index contributed by atoms with van der Waals surface area (Å²) in [6, 6.07) is 2.76. The minimum absolute atomic E-state index is 0.0199. The van der Waals surface area contributed by atoms with Gasteiger partial charge in [0.15, 0.2) is 5.78 Å². The number of nitrogens with one attached hydrogen (secondary N) is 2. The molecule has 2 saturated heterocycles. The number of hydrogen-bond donors (Lipinski definition) is 3. The molecule has 5 heterocycles. The van der Waals surface area contributed by atoms with E-state index in [2.05, 4.69) is 25.5 Å². The van der Waals surface area contributed by atoms with Crippen molar-refractivity contribution in [1.29, 1.82) is 0 Å². The second-order valence-electron chi connectivity index (χ2n) is 15.8. The average molecular weight is 730 g/mol. The second-order valence-corrected chi connectivity index (χ2v) is 15.8. The molecule has 1 saturated carbocycles. The number of β-amino-alcohol motifs (C(OH)–C–C–N with tert-alkyl or cyclic N) is 1. The normalized spacial score (nSPS) is 20.2. The van der Waals surface area contributed by atoms with Crippen LogP contribution in [0.1, 0.15) is 95.1 Å². The molecule has 0 spiro atoms. The van der Waals surface area contributed by atoms with Crippen LogP contribution in [0.2, 0.25) is 0 Å². The van der Waals surface area contributed by atoms with E-state index in [4.69, 9.17) is 4.98 Å². The highest BCUT2D eigenvalue weighted by atomic mass is 16.3. The molecule has 284 valence electrons. The zero-order valence-electron chi connectivity index (χ0n) is 31.5. The molecule has 3 fully saturated rings. The zero-order valence-corrected chi connectivity index (χ0v) is 31.5. The molecule has 15 heteroatoms. The van der Waals surface area contributed by atoms with E-state index in [-0.39, 0.29) is 59.7 Å². The van der Waals surface area contributed by atoms with Crippen molar-refractivity contribution in [2.75, 3.05) is 42.9 Å². The molecule has 0 radical (unpaired) electrons. The van der Waals surface area contributed by atoms with Gasteiger partial charge < -0.3 is 30.4 Å². The lowest BCUT2D eigenvalue weighted by Crippen LogP contribution is -2.56. The first kappa shape index (κ1) is 37.8. The molecule has 3 atom stereocenters. The van der Waals surface area contributed by atoms with E-state index >= 15 is 0 Å². The molecule has 0 unspecified atom stereocenters. The third-order valence-corrected chi connectivity index (χ3v) is 10.8. The Labute approximate surface area is 309 Å². The summed E-state index contributed by atoms with van der Waals surface area (Å²) in [6.07, 6.45) is 6.69. The Morgan fingerprint density at radius 1 is 1.02 bits per heavy atom. The van der Waals surface area contributed by atoms with Gasteiger partial charge in [0.2, 0.25) is 23.7 Å². The first-order chi connectivity index (χ1) is 25.1. The molecule has 0 bridgehead atoms. The molecule has 0 aromatic carbocycles. The minimum Gasteiger partial charge on any atom is -0.391 e. The number of pyridine rings is 2. The lowest BCUT2D eigenvalue weighted by molar-refractivity contribution is -0.142. The number of carbonyl (C=O) groups excluding carboxylic acids is 4. The van der Waals surface area contributed by atoms with E-state index in [1.54, 1.807) is 33.7 Å². The number of Topliss-reactive ketones (excluding diaryl/α,β-unsaturated/α-hetero) is 1. The van der Waals surface area contributed by atoms with Gasteiger partial charge in [0.05, 0.1) is 23.6 Å². The molecule has 3 aromatic rings. The van der Waals surface area contributed by atoms with Gasteiger partial charge in [-0.1, -0.05) is 33.6 Å². The molecule has 15 nitrogen and oxygen atoms in total. The van der Waals surface area contributed by atoms with Gasteiger partial charge in [0.25, 0.3) is 5.56 Å². The maximum atomic E-state index is 13.5. The number of hydrogen-bond acceptors (Lipinski definition) is 11. The Balaban J connectivity index is 1.06. The molecule has 2 aliphatic heterocycles. The number of aliphatic hydroxyl groups excluding tert-OH is 1. The summed E-state index contributed by atoms with van der Waals surface area (Å²) < 4.78 is 1.68. The van der Waals surface area contributed by atoms with Crippen molar-refractivity contribution in [3.63, 3.8) is 0 Å². The minimum atomic E-state index is -0.825. The van der Waals surface area contributed by atoms with Crippen LogP contribution in [0, 0.1) is 12.3 Å². The molecular weight excluding hydrogens is 678 g/mol. The fourth-order valence-electron chi connectivity index (χ4n) is 7.87. The van der Waals surface area contributed by atoms with E-state index in [9.17, 15) is 29.1 Å². The van der Waals surface area contributed by atoms with Gasteiger partial charge in [0.1, 0.15) is 23.9 Å². The predicted octanol–water partition coefficient (Wildman–Crippen LogP) is 3.11. The van der Waals surface area contributed by atoms with Crippen molar-refractivity contribution in [2.24, 2.45) is 5.41 Å². The van der Waals surface area contributed by atoms with Crippen molar-refractivity contribution in [3.05, 3.63) is 46.0 Å². The molecule has 3 aliphatic rings. The summed E-state index contributed by atoms with van der Waals surface area (Å²) >= 11 is 0. The molecule has 3 N–H and O–H groups in total. The van der Waals surface area contributed by atoms with Crippen molar-refractivity contribution in [2.45, 2.75) is 104 Å². The average Bonchev–Trinajstić information content (AvgIpc) is 3.75. The maximum Gasteiger partial charge on any atom is 0.263 e. The number of likely N-dealkylation sites (tertiary alicyclic amines) is 1. The summed E-state index contributed by atoms with van der Waals surface area (Å²) in [5.74, 6) is -0.511. The van der Waals surface area contributed by atoms with Crippen LogP contribution in [0.5, 0.6) is 0 Å². The lowest BCUT2D eigenvalue weighted by Gasteiger charge is -2.36. The van der Waals surface area contributed by atoms with E-state index in [1.165, 1.54) is 6.92 Å². The third-order valence-electron chi connectivity index (χ3n) is 10.8. The monoisotopic (exact) mass is 729 g/mol. The molecular formula is C38H51N9O6. The van der Waals surface area contributed by atoms with Crippen LogP contribution in [0.3, 0.4) is 0 Å². The topological polar surface area (TPSA) is 183 Å². The molecule has 1 aliphatic carbocycles. The SMILES string of the molecule is CC(=O)c1c(C)c2cnc(Nc3ccc(N4CCN(C(=O)CC(=O)N[C@H](C(=O)N5C[C@H](O)C[C@H]5C)C(C)(C)C)CC4)cn3)nc2n(C2CCCC2)c1=O. The van der Waals surface area contributed by atoms with Crippen molar-refractivity contribution in [3.8, 4) is 0 Å². The number of ketones is 1. The molecule has 3 amide bonds. The van der Waals surface area contributed by atoms with Crippen LogP contribution in [0.25, 0.3) is 11.0 Å². The van der Waals surface area contributed by atoms with Crippen LogP contribution < -0.4 is 21.1 Å². The predicted molar refractivity (Wildman–Crippen MR) is 200 cm³/mol. The Morgan fingerprint density at radius 3 is 2.30 bits per heavy atom. The van der Waals surface area contributed by atoms with E-state index < -0.39 is 23.5 Å². The molecule has 53 heavy (non-hydrogen) atoms. The number of rotatable bonds is 9. The van der Waals surface area contributed by atoms with Crippen molar-refractivity contribution < 1.29 is 24.3 Å². The van der Waals surface area contributed by atoms with E-state index in [0.717, 1.165) is 31.4 Å². The summed E-state index contributed by atoms with van der Waals surface area (Å²) in [7, 11) is 0. The number of carbonyl (C=O) groups is 4. The summed E-state index contributed by atoms with van der Waals surface area (Å²) in [6.45, 7) is 12.8. The lowest BCUT2D eigenvalue weighted by atomic mass is 9.85. The highest BCUT2D eigenvalue weighted by molar-refractivity contribution is 6.00. The first-order valence-electron chi connectivity index (χ1n) is 18.6. The van der Waals surface area contributed by atoms with Crippen LogP contribution in [0.4, 0.5) is 17.5 Å².